The zero-order valence-electron chi connectivity index (χ0n) is 12.7. The summed E-state index contributed by atoms with van der Waals surface area (Å²) < 4.78 is 33.8. The molecule has 1 fully saturated rings. The van der Waals surface area contributed by atoms with Gasteiger partial charge in [0.15, 0.2) is 0 Å². The molecule has 1 heterocycles. The van der Waals surface area contributed by atoms with Gasteiger partial charge in [-0.2, -0.15) is 0 Å². The third-order valence-electron chi connectivity index (χ3n) is 4.19. The van der Waals surface area contributed by atoms with Crippen LogP contribution in [0.4, 0.5) is 14.5 Å². The van der Waals surface area contributed by atoms with Crippen LogP contribution in [0.5, 0.6) is 0 Å². The van der Waals surface area contributed by atoms with Crippen LogP contribution >= 0.6 is 0 Å². The Labute approximate surface area is 125 Å². The minimum Gasteiger partial charge on any atom is -0.381 e. The van der Waals surface area contributed by atoms with Crippen molar-refractivity contribution in [1.29, 1.82) is 0 Å². The lowest BCUT2D eigenvalue weighted by Crippen LogP contribution is -2.37. The van der Waals surface area contributed by atoms with Crippen molar-refractivity contribution in [2.24, 2.45) is 5.73 Å². The van der Waals surface area contributed by atoms with Crippen LogP contribution in [0.2, 0.25) is 0 Å². The Morgan fingerprint density at radius 2 is 1.86 bits per heavy atom. The smallest absolute Gasteiger partial charge is 0.149 e. The van der Waals surface area contributed by atoms with Gasteiger partial charge in [0, 0.05) is 26.2 Å². The van der Waals surface area contributed by atoms with Gasteiger partial charge in [-0.25, -0.2) is 8.78 Å². The van der Waals surface area contributed by atoms with Crippen LogP contribution in [0.1, 0.15) is 31.7 Å². The van der Waals surface area contributed by atoms with E-state index in [1.165, 1.54) is 12.1 Å². The molecule has 0 saturated carbocycles. The molecule has 0 aliphatic carbocycles. The summed E-state index contributed by atoms with van der Waals surface area (Å²) >= 11 is 0. The molecule has 0 aromatic heterocycles. The molecule has 1 aliphatic rings. The lowest BCUT2D eigenvalue weighted by Gasteiger charge is -2.33. The minimum absolute atomic E-state index is 0.0629. The van der Waals surface area contributed by atoms with E-state index in [2.05, 4.69) is 0 Å². The summed E-state index contributed by atoms with van der Waals surface area (Å²) in [6, 6.07) is 2.76. The average molecular weight is 298 g/mol. The summed E-state index contributed by atoms with van der Waals surface area (Å²) in [7, 11) is 1.67. The predicted octanol–water partition coefficient (Wildman–Crippen LogP) is 2.86. The largest absolute Gasteiger partial charge is 0.381 e. The van der Waals surface area contributed by atoms with Crippen molar-refractivity contribution in [3.05, 3.63) is 29.3 Å². The molecule has 1 saturated heterocycles. The van der Waals surface area contributed by atoms with Crippen LogP contribution < -0.4 is 10.6 Å². The number of benzene rings is 1. The third-order valence-corrected chi connectivity index (χ3v) is 4.19. The number of rotatable bonds is 5. The quantitative estimate of drug-likeness (QED) is 0.908. The maximum absolute atomic E-state index is 14.3. The Morgan fingerprint density at radius 3 is 2.33 bits per heavy atom. The van der Waals surface area contributed by atoms with Crippen molar-refractivity contribution in [3.63, 3.8) is 0 Å². The highest BCUT2D eigenvalue weighted by atomic mass is 19.1. The van der Waals surface area contributed by atoms with Crippen molar-refractivity contribution < 1.29 is 13.5 Å². The molecule has 21 heavy (non-hydrogen) atoms. The van der Waals surface area contributed by atoms with Crippen LogP contribution in [-0.2, 0) is 11.2 Å². The van der Waals surface area contributed by atoms with E-state index in [9.17, 15) is 8.78 Å². The van der Waals surface area contributed by atoms with E-state index in [0.717, 1.165) is 19.3 Å². The van der Waals surface area contributed by atoms with Gasteiger partial charge in [-0.1, -0.05) is 6.92 Å². The molecule has 0 radical (unpaired) electrons. The lowest BCUT2D eigenvalue weighted by atomic mass is 10.0. The first-order valence-corrected chi connectivity index (χ1v) is 7.56. The highest BCUT2D eigenvalue weighted by Crippen LogP contribution is 2.28. The standard InChI is InChI=1S/C16H24F2N2O/c1-3-12(19)8-11-9-14(17)16(15(18)10-11)20-6-4-13(21-2)5-7-20/h9-10,12-13H,3-8,19H2,1-2H3. The number of halogens is 2. The van der Waals surface area contributed by atoms with Gasteiger partial charge in [0.25, 0.3) is 0 Å². The van der Waals surface area contributed by atoms with E-state index >= 15 is 0 Å². The Hall–Kier alpha value is -1.20. The first-order chi connectivity index (χ1) is 10.0. The van der Waals surface area contributed by atoms with E-state index < -0.39 is 11.6 Å². The van der Waals surface area contributed by atoms with E-state index in [1.807, 2.05) is 6.92 Å². The Bertz CT molecular complexity index is 450. The van der Waals surface area contributed by atoms with Gasteiger partial charge in [0.05, 0.1) is 6.10 Å². The zero-order valence-corrected chi connectivity index (χ0v) is 12.7. The normalized spacial score (nSPS) is 18.0. The van der Waals surface area contributed by atoms with Crippen LogP contribution in [-0.4, -0.2) is 32.3 Å². The fraction of sp³-hybridized carbons (Fsp3) is 0.625. The van der Waals surface area contributed by atoms with E-state index in [0.29, 0.717) is 25.1 Å². The van der Waals surface area contributed by atoms with Crippen LogP contribution in [0.3, 0.4) is 0 Å². The molecule has 3 nitrogen and oxygen atoms in total. The fourth-order valence-electron chi connectivity index (χ4n) is 2.80. The van der Waals surface area contributed by atoms with E-state index in [4.69, 9.17) is 10.5 Å². The van der Waals surface area contributed by atoms with Crippen LogP contribution in [0.15, 0.2) is 12.1 Å². The molecule has 1 aliphatic heterocycles. The summed E-state index contributed by atoms with van der Waals surface area (Å²) in [6.45, 7) is 3.19. The van der Waals surface area contributed by atoms with Crippen molar-refractivity contribution in [2.75, 3.05) is 25.1 Å². The number of ether oxygens (including phenoxy) is 1. The summed E-state index contributed by atoms with van der Waals surface area (Å²) in [5.41, 5.74) is 6.55. The first kappa shape index (κ1) is 16.2. The molecular weight excluding hydrogens is 274 g/mol. The molecule has 5 heteroatoms. The lowest BCUT2D eigenvalue weighted by molar-refractivity contribution is 0.0817. The summed E-state index contributed by atoms with van der Waals surface area (Å²) in [4.78, 5) is 1.77. The highest BCUT2D eigenvalue weighted by Gasteiger charge is 2.24. The van der Waals surface area contributed by atoms with Crippen molar-refractivity contribution in [3.8, 4) is 0 Å². The maximum atomic E-state index is 14.3. The maximum Gasteiger partial charge on any atom is 0.149 e. The Balaban J connectivity index is 2.14. The summed E-state index contributed by atoms with van der Waals surface area (Å²) in [6.07, 6.45) is 3.05. The van der Waals surface area contributed by atoms with Gasteiger partial charge in [0.2, 0.25) is 0 Å². The number of piperidine rings is 1. The Kier molecular flexibility index (Phi) is 5.53. The number of hydrogen-bond acceptors (Lipinski definition) is 3. The zero-order chi connectivity index (χ0) is 15.4. The van der Waals surface area contributed by atoms with Crippen molar-refractivity contribution in [2.45, 2.75) is 44.8 Å². The Morgan fingerprint density at radius 1 is 1.29 bits per heavy atom. The number of nitrogens with zero attached hydrogens (tertiary/aromatic N) is 1. The van der Waals surface area contributed by atoms with Crippen molar-refractivity contribution >= 4 is 5.69 Å². The molecular formula is C16H24F2N2O. The third kappa shape index (κ3) is 3.92. The molecule has 0 amide bonds. The second-order valence-corrected chi connectivity index (χ2v) is 5.70. The second kappa shape index (κ2) is 7.18. The van der Waals surface area contributed by atoms with E-state index in [-0.39, 0.29) is 17.8 Å². The molecule has 1 aromatic carbocycles. The van der Waals surface area contributed by atoms with Gasteiger partial charge in [-0.05, 0) is 43.4 Å². The second-order valence-electron chi connectivity index (χ2n) is 5.70. The molecule has 0 spiro atoms. The van der Waals surface area contributed by atoms with Gasteiger partial charge < -0.3 is 15.4 Å². The predicted molar refractivity (Wildman–Crippen MR) is 80.6 cm³/mol. The topological polar surface area (TPSA) is 38.5 Å². The van der Waals surface area contributed by atoms with Crippen LogP contribution in [0, 0.1) is 11.6 Å². The summed E-state index contributed by atoms with van der Waals surface area (Å²) in [5, 5.41) is 0. The number of hydrogen-bond donors (Lipinski definition) is 1. The molecule has 1 unspecified atom stereocenters. The molecule has 1 atom stereocenters. The molecule has 118 valence electrons. The first-order valence-electron chi connectivity index (χ1n) is 7.56. The number of anilines is 1. The molecule has 1 aromatic rings. The highest BCUT2D eigenvalue weighted by molar-refractivity contribution is 5.51. The SMILES string of the molecule is CCC(N)Cc1cc(F)c(N2CCC(OC)CC2)c(F)c1. The molecule has 0 bridgehead atoms. The average Bonchev–Trinajstić information content (AvgIpc) is 2.47. The molecule has 2 N–H and O–H groups in total. The molecule has 2 rings (SSSR count). The number of methoxy groups -OCH3 is 1. The van der Waals surface area contributed by atoms with Crippen molar-refractivity contribution in [1.82, 2.24) is 0 Å². The fourth-order valence-corrected chi connectivity index (χ4v) is 2.80. The monoisotopic (exact) mass is 298 g/mol. The van der Waals surface area contributed by atoms with Gasteiger partial charge >= 0.3 is 0 Å². The van der Waals surface area contributed by atoms with Gasteiger partial charge in [0.1, 0.15) is 17.3 Å². The van der Waals surface area contributed by atoms with Gasteiger partial charge in [-0.3, -0.25) is 0 Å². The summed E-state index contributed by atoms with van der Waals surface area (Å²) in [5.74, 6) is -0.992. The van der Waals surface area contributed by atoms with Crippen LogP contribution in [0.25, 0.3) is 0 Å². The van der Waals surface area contributed by atoms with Gasteiger partial charge in [-0.15, -0.1) is 0 Å². The number of nitrogens with two attached hydrogens (primary N) is 1. The van der Waals surface area contributed by atoms with E-state index in [1.54, 1.807) is 12.0 Å². The minimum atomic E-state index is -0.496.